The van der Waals surface area contributed by atoms with Gasteiger partial charge in [0.05, 0.1) is 0 Å². The van der Waals surface area contributed by atoms with E-state index in [9.17, 15) is 0 Å². The second-order valence-electron chi connectivity index (χ2n) is 2.32. The molecule has 0 aromatic rings. The topological polar surface area (TPSA) is 0 Å². The lowest BCUT2D eigenvalue weighted by Crippen LogP contribution is -1.90. The van der Waals surface area contributed by atoms with Crippen LogP contribution in [0, 0.1) is 17.2 Å². The molecule has 0 aliphatic heterocycles. The molecule has 0 aromatic heterocycles. The van der Waals surface area contributed by atoms with Gasteiger partial charge in [-0.2, -0.15) is 0 Å². The Kier molecular flexibility index (Phi) is 2.19. The van der Waals surface area contributed by atoms with Crippen LogP contribution in [0.25, 0.3) is 0 Å². The van der Waals surface area contributed by atoms with Gasteiger partial charge in [-0.25, -0.2) is 0 Å². The van der Waals surface area contributed by atoms with Crippen molar-refractivity contribution in [2.75, 3.05) is 0 Å². The van der Waals surface area contributed by atoms with E-state index in [2.05, 4.69) is 24.3 Å². The van der Waals surface area contributed by atoms with Gasteiger partial charge in [0.1, 0.15) is 0 Å². The Morgan fingerprint density at radius 2 is 2.56 bits per heavy atom. The van der Waals surface area contributed by atoms with E-state index in [4.69, 9.17) is 11.6 Å². The number of hydrogen-bond acceptors (Lipinski definition) is 0. The first kappa shape index (κ1) is 6.71. The highest BCUT2D eigenvalue weighted by Gasteiger charge is 2.11. The summed E-state index contributed by atoms with van der Waals surface area (Å²) >= 11 is 5.26. The van der Waals surface area contributed by atoms with E-state index < -0.39 is 0 Å². The molecule has 0 radical (unpaired) electrons. The van der Waals surface area contributed by atoms with Crippen molar-refractivity contribution in [3.8, 4) is 11.3 Å². The van der Waals surface area contributed by atoms with Gasteiger partial charge in [0.15, 0.2) is 0 Å². The first-order chi connectivity index (χ1) is 4.34. The number of allylic oxidation sites excluding steroid dienone is 2. The van der Waals surface area contributed by atoms with Crippen LogP contribution in [0.5, 0.6) is 0 Å². The molecule has 0 N–H and O–H groups in total. The van der Waals surface area contributed by atoms with Crippen LogP contribution in [0.15, 0.2) is 11.6 Å². The van der Waals surface area contributed by atoms with Crippen molar-refractivity contribution in [1.82, 2.24) is 0 Å². The summed E-state index contributed by atoms with van der Waals surface area (Å²) in [6, 6.07) is 0. The molecule has 1 unspecified atom stereocenters. The summed E-state index contributed by atoms with van der Waals surface area (Å²) in [6.45, 7) is 2.11. The van der Waals surface area contributed by atoms with Crippen molar-refractivity contribution in [1.29, 1.82) is 0 Å². The van der Waals surface area contributed by atoms with Gasteiger partial charge in [-0.15, -0.1) is 0 Å². The van der Waals surface area contributed by atoms with E-state index in [-0.39, 0.29) is 0 Å². The number of hydrogen-bond donors (Lipinski definition) is 0. The van der Waals surface area contributed by atoms with Gasteiger partial charge in [-0.3, -0.25) is 0 Å². The van der Waals surface area contributed by atoms with Gasteiger partial charge in [0.2, 0.25) is 0 Å². The molecule has 1 aliphatic carbocycles. The fraction of sp³-hybridized carbons (Fsp3) is 0.500. The van der Waals surface area contributed by atoms with E-state index in [1.807, 2.05) is 0 Å². The standard InChI is InChI=1S/C8H9Cl/c1-7-3-2-4-8(7)5-6-9/h3,8H,2,4H2,1H3. The predicted molar refractivity (Wildman–Crippen MR) is 40.1 cm³/mol. The summed E-state index contributed by atoms with van der Waals surface area (Å²) in [5, 5.41) is 2.42. The molecular formula is C8H9Cl. The van der Waals surface area contributed by atoms with Gasteiger partial charge >= 0.3 is 0 Å². The van der Waals surface area contributed by atoms with Crippen LogP contribution < -0.4 is 0 Å². The maximum atomic E-state index is 5.26. The molecule has 0 heterocycles. The zero-order valence-electron chi connectivity index (χ0n) is 5.45. The molecule has 0 saturated carbocycles. The van der Waals surface area contributed by atoms with E-state index in [1.54, 1.807) is 0 Å². The van der Waals surface area contributed by atoms with Crippen LogP contribution in [0.3, 0.4) is 0 Å². The Bertz CT molecular complexity index is 180. The summed E-state index contributed by atoms with van der Waals surface area (Å²) < 4.78 is 0. The molecule has 0 fully saturated rings. The van der Waals surface area contributed by atoms with Gasteiger partial charge in [0, 0.05) is 11.3 Å². The Morgan fingerprint density at radius 1 is 1.78 bits per heavy atom. The first-order valence-corrected chi connectivity index (χ1v) is 3.50. The molecule has 1 atom stereocenters. The fourth-order valence-electron chi connectivity index (χ4n) is 1.10. The molecule has 1 heteroatoms. The third-order valence-corrected chi connectivity index (χ3v) is 1.81. The van der Waals surface area contributed by atoms with E-state index in [0.717, 1.165) is 6.42 Å². The lowest BCUT2D eigenvalue weighted by Gasteiger charge is -1.98. The zero-order chi connectivity index (χ0) is 6.69. The van der Waals surface area contributed by atoms with Crippen molar-refractivity contribution >= 4 is 11.6 Å². The van der Waals surface area contributed by atoms with Gasteiger partial charge < -0.3 is 0 Å². The summed E-state index contributed by atoms with van der Waals surface area (Å²) in [5.74, 6) is 3.39. The number of rotatable bonds is 0. The highest BCUT2D eigenvalue weighted by molar-refractivity contribution is 6.30. The monoisotopic (exact) mass is 140 g/mol. The van der Waals surface area contributed by atoms with Crippen LogP contribution in [0.1, 0.15) is 19.8 Å². The van der Waals surface area contributed by atoms with Crippen LogP contribution in [0.2, 0.25) is 0 Å². The Hall–Kier alpha value is -0.410. The van der Waals surface area contributed by atoms with Crippen LogP contribution in [0.4, 0.5) is 0 Å². The van der Waals surface area contributed by atoms with Crippen LogP contribution in [-0.4, -0.2) is 0 Å². The van der Waals surface area contributed by atoms with Crippen molar-refractivity contribution in [2.45, 2.75) is 19.8 Å². The SMILES string of the molecule is CC1=CCCC1C#CCl. The highest BCUT2D eigenvalue weighted by Crippen LogP contribution is 2.23. The van der Waals surface area contributed by atoms with E-state index in [0.29, 0.717) is 5.92 Å². The zero-order valence-corrected chi connectivity index (χ0v) is 6.20. The summed E-state index contributed by atoms with van der Waals surface area (Å²) in [6.07, 6.45) is 4.56. The minimum atomic E-state index is 0.447. The predicted octanol–water partition coefficient (Wildman–Crippen LogP) is 2.54. The van der Waals surface area contributed by atoms with Crippen LogP contribution in [-0.2, 0) is 0 Å². The molecule has 0 aromatic carbocycles. The lowest BCUT2D eigenvalue weighted by molar-refractivity contribution is 0.765. The average Bonchev–Trinajstić information content (AvgIpc) is 2.18. The van der Waals surface area contributed by atoms with Gasteiger partial charge in [-0.05, 0) is 31.4 Å². The molecule has 1 rings (SSSR count). The minimum Gasteiger partial charge on any atom is -0.0843 e. The molecule has 0 amide bonds. The fourth-order valence-corrected chi connectivity index (χ4v) is 1.23. The average molecular weight is 141 g/mol. The smallest absolute Gasteiger partial charge is 0.0424 e. The molecule has 1 aliphatic rings. The number of halogens is 1. The summed E-state index contributed by atoms with van der Waals surface area (Å²) in [5.41, 5.74) is 1.38. The molecule has 0 nitrogen and oxygen atoms in total. The van der Waals surface area contributed by atoms with Crippen molar-refractivity contribution < 1.29 is 0 Å². The molecule has 48 valence electrons. The summed E-state index contributed by atoms with van der Waals surface area (Å²) in [7, 11) is 0. The maximum Gasteiger partial charge on any atom is 0.0424 e. The summed E-state index contributed by atoms with van der Waals surface area (Å²) in [4.78, 5) is 0. The largest absolute Gasteiger partial charge is 0.0843 e. The third-order valence-electron chi connectivity index (χ3n) is 1.70. The van der Waals surface area contributed by atoms with Gasteiger partial charge in [0.25, 0.3) is 0 Å². The quantitative estimate of drug-likeness (QED) is 0.358. The third kappa shape index (κ3) is 1.50. The van der Waals surface area contributed by atoms with E-state index >= 15 is 0 Å². The first-order valence-electron chi connectivity index (χ1n) is 3.12. The van der Waals surface area contributed by atoms with Crippen molar-refractivity contribution in [3.05, 3.63) is 11.6 Å². The maximum absolute atomic E-state index is 5.26. The molecular weight excluding hydrogens is 132 g/mol. The highest BCUT2D eigenvalue weighted by atomic mass is 35.5. The van der Waals surface area contributed by atoms with Crippen molar-refractivity contribution in [2.24, 2.45) is 5.92 Å². The molecule has 9 heavy (non-hydrogen) atoms. The van der Waals surface area contributed by atoms with Crippen LogP contribution >= 0.6 is 11.6 Å². The molecule has 0 spiro atoms. The Labute approximate surface area is 60.9 Å². The lowest BCUT2D eigenvalue weighted by atomic mass is 10.1. The van der Waals surface area contributed by atoms with Crippen molar-refractivity contribution in [3.63, 3.8) is 0 Å². The molecule has 0 bridgehead atoms. The normalized spacial score (nSPS) is 24.7. The molecule has 0 saturated heterocycles. The Morgan fingerprint density at radius 3 is 3.00 bits per heavy atom. The van der Waals surface area contributed by atoms with E-state index in [1.165, 1.54) is 12.0 Å². The van der Waals surface area contributed by atoms with Gasteiger partial charge in [-0.1, -0.05) is 17.6 Å². The second kappa shape index (κ2) is 2.94. The second-order valence-corrected chi connectivity index (χ2v) is 2.51. The Balaban J connectivity index is 2.60. The minimum absolute atomic E-state index is 0.447.